The Labute approximate surface area is 284 Å². The molecule has 0 radical (unpaired) electrons. The van der Waals surface area contributed by atoms with Crippen LogP contribution in [-0.4, -0.2) is 55.1 Å². The van der Waals surface area contributed by atoms with Crippen LogP contribution in [0.2, 0.25) is 0 Å². The number of amides is 2. The van der Waals surface area contributed by atoms with Crippen LogP contribution in [0.4, 0.5) is 5.69 Å². The number of thiophene rings is 1. The molecule has 0 saturated heterocycles. The molecule has 2 amide bonds. The SMILES string of the molecule is COc1ccc(C2CC(c3cccs3)=NN2C(=O)CSc2nnc(CNC(=O)c3ccc([N+](=O)[O-])cc3)n2-c2cccc(C)c2C)cc1. The molecule has 1 aliphatic heterocycles. The quantitative estimate of drug-likeness (QED) is 0.0977. The Morgan fingerprint density at radius 2 is 1.81 bits per heavy atom. The van der Waals surface area contributed by atoms with E-state index >= 15 is 0 Å². The van der Waals surface area contributed by atoms with Crippen molar-refractivity contribution in [2.45, 2.75) is 38.0 Å². The topological polar surface area (TPSA) is 145 Å². The van der Waals surface area contributed by atoms with Crippen LogP contribution >= 0.6 is 23.1 Å². The lowest BCUT2D eigenvalue weighted by Crippen LogP contribution is -2.28. The Morgan fingerprint density at radius 3 is 2.50 bits per heavy atom. The van der Waals surface area contributed by atoms with Crippen LogP contribution in [-0.2, 0) is 11.3 Å². The predicted molar refractivity (Wildman–Crippen MR) is 184 cm³/mol. The Balaban J connectivity index is 1.24. The number of ether oxygens (including phenoxy) is 1. The fraction of sp³-hybridized carbons (Fsp3) is 0.206. The number of hydrazone groups is 1. The summed E-state index contributed by atoms with van der Waals surface area (Å²) in [5.41, 5.74) is 4.86. The van der Waals surface area contributed by atoms with Gasteiger partial charge in [-0.05, 0) is 72.3 Å². The minimum Gasteiger partial charge on any atom is -0.497 e. The summed E-state index contributed by atoms with van der Waals surface area (Å²) in [5, 5.41) is 31.5. The van der Waals surface area contributed by atoms with Crippen molar-refractivity contribution in [1.29, 1.82) is 0 Å². The number of hydrogen-bond donors (Lipinski definition) is 1. The number of carbonyl (C=O) groups excluding carboxylic acids is 2. The smallest absolute Gasteiger partial charge is 0.269 e. The molecule has 3 aromatic carbocycles. The van der Waals surface area contributed by atoms with Gasteiger partial charge in [-0.2, -0.15) is 5.10 Å². The first-order valence-electron chi connectivity index (χ1n) is 15.0. The molecule has 48 heavy (non-hydrogen) atoms. The lowest BCUT2D eigenvalue weighted by molar-refractivity contribution is -0.384. The van der Waals surface area contributed by atoms with Crippen molar-refractivity contribution < 1.29 is 19.2 Å². The fourth-order valence-corrected chi connectivity index (χ4v) is 6.87. The monoisotopic (exact) mass is 681 g/mol. The number of thioether (sulfide) groups is 1. The predicted octanol–water partition coefficient (Wildman–Crippen LogP) is 6.26. The molecule has 244 valence electrons. The Kier molecular flexibility index (Phi) is 9.64. The molecule has 0 fully saturated rings. The summed E-state index contributed by atoms with van der Waals surface area (Å²) >= 11 is 2.83. The molecule has 0 saturated carbocycles. The highest BCUT2D eigenvalue weighted by atomic mass is 32.2. The second-order valence-electron chi connectivity index (χ2n) is 11.0. The van der Waals surface area contributed by atoms with Crippen molar-refractivity contribution in [1.82, 2.24) is 25.1 Å². The first kappa shape index (κ1) is 32.6. The van der Waals surface area contributed by atoms with Gasteiger partial charge in [0.2, 0.25) is 0 Å². The van der Waals surface area contributed by atoms with Crippen molar-refractivity contribution in [2.75, 3.05) is 12.9 Å². The number of carbonyl (C=O) groups is 2. The number of aryl methyl sites for hydroxylation is 1. The molecule has 2 aromatic heterocycles. The molecule has 3 heterocycles. The molecule has 5 aromatic rings. The van der Waals surface area contributed by atoms with Crippen molar-refractivity contribution in [3.63, 3.8) is 0 Å². The highest BCUT2D eigenvalue weighted by molar-refractivity contribution is 7.99. The third-order valence-corrected chi connectivity index (χ3v) is 9.89. The number of nitro groups is 1. The molecule has 6 rings (SSSR count). The van der Waals surface area contributed by atoms with E-state index in [2.05, 4.69) is 15.5 Å². The summed E-state index contributed by atoms with van der Waals surface area (Å²) in [6.45, 7) is 4.03. The van der Waals surface area contributed by atoms with Crippen molar-refractivity contribution in [3.8, 4) is 11.4 Å². The Morgan fingerprint density at radius 1 is 1.04 bits per heavy atom. The first-order valence-corrected chi connectivity index (χ1v) is 16.8. The van der Waals surface area contributed by atoms with Crippen molar-refractivity contribution in [3.05, 3.63) is 127 Å². The van der Waals surface area contributed by atoms with Gasteiger partial charge in [0, 0.05) is 24.1 Å². The second kappa shape index (κ2) is 14.2. The molecule has 1 N–H and O–H groups in total. The van der Waals surface area contributed by atoms with E-state index in [1.54, 1.807) is 23.5 Å². The standard InChI is InChI=1S/C34H31N7O5S2/c1-21-6-4-7-28(22(21)2)39-31(19-35-33(43)24-9-13-25(14-10-24)41(44)45)36-37-34(39)48-20-32(42)40-29(23-11-15-26(46-3)16-12-23)18-27(38-40)30-8-5-17-47-30/h4-17,29H,18-20H2,1-3H3,(H,35,43). The molecule has 0 bridgehead atoms. The fourth-order valence-electron chi connectivity index (χ4n) is 5.33. The lowest BCUT2D eigenvalue weighted by Gasteiger charge is -2.22. The molecule has 1 unspecified atom stereocenters. The van der Waals surface area contributed by atoms with Crippen molar-refractivity contribution >= 4 is 46.3 Å². The van der Waals surface area contributed by atoms with Crippen LogP contribution in [0.5, 0.6) is 5.75 Å². The van der Waals surface area contributed by atoms with Crippen LogP contribution in [0.3, 0.4) is 0 Å². The maximum atomic E-state index is 13.9. The number of hydrogen-bond acceptors (Lipinski definition) is 10. The Bertz CT molecular complexity index is 1990. The number of rotatable bonds is 11. The number of non-ortho nitro benzene ring substituents is 1. The van der Waals surface area contributed by atoms with Gasteiger partial charge < -0.3 is 10.1 Å². The van der Waals surface area contributed by atoms with E-state index in [9.17, 15) is 19.7 Å². The van der Waals surface area contributed by atoms with Crippen LogP contribution < -0.4 is 10.1 Å². The van der Waals surface area contributed by atoms with Crippen molar-refractivity contribution in [2.24, 2.45) is 5.10 Å². The zero-order valence-electron chi connectivity index (χ0n) is 26.3. The van der Waals surface area contributed by atoms with Gasteiger partial charge in [0.1, 0.15) is 5.75 Å². The number of methoxy groups -OCH3 is 1. The summed E-state index contributed by atoms with van der Waals surface area (Å²) in [5.74, 6) is 0.643. The van der Waals surface area contributed by atoms with Gasteiger partial charge in [0.05, 0.1) is 46.6 Å². The maximum absolute atomic E-state index is 13.9. The largest absolute Gasteiger partial charge is 0.497 e. The van der Waals surface area contributed by atoms with Gasteiger partial charge in [-0.1, -0.05) is 42.1 Å². The van der Waals surface area contributed by atoms with E-state index in [1.165, 1.54) is 36.0 Å². The van der Waals surface area contributed by atoms with E-state index in [-0.39, 0.29) is 35.5 Å². The molecule has 14 heteroatoms. The van der Waals surface area contributed by atoms with Gasteiger partial charge in [0.25, 0.3) is 17.5 Å². The maximum Gasteiger partial charge on any atom is 0.269 e. The summed E-state index contributed by atoms with van der Waals surface area (Å²) in [7, 11) is 1.62. The number of nitrogens with one attached hydrogen (secondary N) is 1. The molecule has 0 aliphatic carbocycles. The van der Waals surface area contributed by atoms with Gasteiger partial charge in [-0.15, -0.1) is 21.5 Å². The lowest BCUT2D eigenvalue weighted by atomic mass is 10.0. The second-order valence-corrected chi connectivity index (χ2v) is 12.9. The Hall–Kier alpha value is -5.34. The summed E-state index contributed by atoms with van der Waals surface area (Å²) < 4.78 is 7.18. The number of nitro benzene ring substituents is 1. The molecule has 1 aliphatic rings. The van der Waals surface area contributed by atoms with E-state index in [0.29, 0.717) is 17.4 Å². The third kappa shape index (κ3) is 6.85. The minimum atomic E-state index is -0.518. The van der Waals surface area contributed by atoms with E-state index in [1.807, 2.05) is 78.4 Å². The zero-order chi connectivity index (χ0) is 33.8. The average molecular weight is 682 g/mol. The summed E-state index contributed by atoms with van der Waals surface area (Å²) in [4.78, 5) is 38.3. The summed E-state index contributed by atoms with van der Waals surface area (Å²) in [6, 6.07) is 22.6. The van der Waals surface area contributed by atoms with Gasteiger partial charge in [-0.3, -0.25) is 24.3 Å². The number of aromatic nitrogens is 3. The number of benzene rings is 3. The van der Waals surface area contributed by atoms with Crippen LogP contribution in [0.25, 0.3) is 5.69 Å². The highest BCUT2D eigenvalue weighted by Gasteiger charge is 2.34. The van der Waals surface area contributed by atoms with Gasteiger partial charge in [-0.25, -0.2) is 5.01 Å². The van der Waals surface area contributed by atoms with Gasteiger partial charge in [0.15, 0.2) is 11.0 Å². The minimum absolute atomic E-state index is 0.0326. The van der Waals surface area contributed by atoms with E-state index < -0.39 is 10.8 Å². The third-order valence-electron chi connectivity index (χ3n) is 8.06. The normalized spacial score (nSPS) is 14.1. The van der Waals surface area contributed by atoms with Crippen LogP contribution in [0.1, 0.15) is 50.2 Å². The molecule has 12 nitrogen and oxygen atoms in total. The molecular formula is C34H31N7O5S2. The molecular weight excluding hydrogens is 651 g/mol. The molecule has 0 spiro atoms. The average Bonchev–Trinajstić information content (AvgIpc) is 3.88. The molecule has 1 atom stereocenters. The van der Waals surface area contributed by atoms with Crippen LogP contribution in [0, 0.1) is 24.0 Å². The van der Waals surface area contributed by atoms with Gasteiger partial charge >= 0.3 is 0 Å². The number of nitrogens with zero attached hydrogens (tertiary/aromatic N) is 6. The zero-order valence-corrected chi connectivity index (χ0v) is 28.0. The van der Waals surface area contributed by atoms with Crippen LogP contribution in [0.15, 0.2) is 94.5 Å². The first-order chi connectivity index (χ1) is 23.2. The van der Waals surface area contributed by atoms with E-state index in [0.717, 1.165) is 38.7 Å². The highest BCUT2D eigenvalue weighted by Crippen LogP contribution is 2.36. The summed E-state index contributed by atoms with van der Waals surface area (Å²) in [6.07, 6.45) is 0.584. The van der Waals surface area contributed by atoms with E-state index in [4.69, 9.17) is 9.84 Å².